The Morgan fingerprint density at radius 1 is 1.14 bits per heavy atom. The largest absolute Gasteiger partial charge is 0.469 e. The number of guanidine groups is 1. The lowest BCUT2D eigenvalue weighted by Gasteiger charge is -2.30. The molecule has 158 valence electrons. The van der Waals surface area contributed by atoms with Crippen LogP contribution >= 0.6 is 24.0 Å². The number of carbonyl (C=O) groups excluding carboxylic acids is 1. The average Bonchev–Trinajstić information content (AvgIpc) is 3.36. The van der Waals surface area contributed by atoms with Gasteiger partial charge in [-0.3, -0.25) is 9.79 Å². The van der Waals surface area contributed by atoms with Crippen molar-refractivity contribution in [2.45, 2.75) is 76.8 Å². The van der Waals surface area contributed by atoms with Gasteiger partial charge < -0.3 is 19.8 Å². The number of rotatable bonds is 7. The molecule has 1 aromatic heterocycles. The Morgan fingerprint density at radius 2 is 1.82 bits per heavy atom. The van der Waals surface area contributed by atoms with Crippen molar-refractivity contribution in [1.82, 2.24) is 10.6 Å². The topological polar surface area (TPSA) is 75.9 Å². The van der Waals surface area contributed by atoms with Crippen LogP contribution in [0.4, 0.5) is 0 Å². The average molecular weight is 503 g/mol. The Balaban J connectivity index is 0.00000280. The highest BCUT2D eigenvalue weighted by molar-refractivity contribution is 14.0. The first-order valence-electron chi connectivity index (χ1n) is 10.5. The van der Waals surface area contributed by atoms with Crippen LogP contribution in [0.5, 0.6) is 0 Å². The minimum Gasteiger partial charge on any atom is -0.469 e. The van der Waals surface area contributed by atoms with Crippen LogP contribution in [0.2, 0.25) is 0 Å². The summed E-state index contributed by atoms with van der Waals surface area (Å²) in [6.07, 6.45) is 11.3. The van der Waals surface area contributed by atoms with Gasteiger partial charge in [0.25, 0.3) is 0 Å². The maximum absolute atomic E-state index is 11.9. The van der Waals surface area contributed by atoms with Gasteiger partial charge in [-0.2, -0.15) is 0 Å². The molecule has 0 unspecified atom stereocenters. The van der Waals surface area contributed by atoms with Gasteiger partial charge in [-0.15, -0.1) is 24.0 Å². The van der Waals surface area contributed by atoms with E-state index >= 15 is 0 Å². The normalized spacial score (nSPS) is 23.1. The second-order valence-corrected chi connectivity index (χ2v) is 7.63. The lowest BCUT2D eigenvalue weighted by Crippen LogP contribution is -2.48. The Bertz CT molecular complexity index is 592. The van der Waals surface area contributed by atoms with E-state index in [2.05, 4.69) is 10.6 Å². The van der Waals surface area contributed by atoms with Crippen molar-refractivity contribution in [2.24, 2.45) is 10.9 Å². The maximum atomic E-state index is 11.9. The van der Waals surface area contributed by atoms with E-state index in [4.69, 9.17) is 14.1 Å². The molecule has 7 heteroatoms. The third-order valence-electron chi connectivity index (χ3n) is 5.59. The maximum Gasteiger partial charge on any atom is 0.308 e. The van der Waals surface area contributed by atoms with E-state index < -0.39 is 0 Å². The Hall–Kier alpha value is -1.25. The molecule has 0 radical (unpaired) electrons. The molecule has 0 aromatic carbocycles. The summed E-state index contributed by atoms with van der Waals surface area (Å²) in [4.78, 5) is 16.7. The first kappa shape index (κ1) is 23.0. The van der Waals surface area contributed by atoms with Gasteiger partial charge in [0.05, 0.1) is 18.8 Å². The molecule has 0 saturated heterocycles. The van der Waals surface area contributed by atoms with Crippen molar-refractivity contribution in [3.05, 3.63) is 24.2 Å². The van der Waals surface area contributed by atoms with E-state index in [1.807, 2.05) is 19.1 Å². The monoisotopic (exact) mass is 503 g/mol. The minimum absolute atomic E-state index is 0. The second kappa shape index (κ2) is 12.3. The fraction of sp³-hybridized carbons (Fsp3) is 0.714. The lowest BCUT2D eigenvalue weighted by molar-refractivity contribution is -0.149. The van der Waals surface area contributed by atoms with Gasteiger partial charge in [0.2, 0.25) is 0 Å². The Kier molecular flexibility index (Phi) is 10.2. The van der Waals surface area contributed by atoms with E-state index in [0.717, 1.165) is 43.8 Å². The van der Waals surface area contributed by atoms with E-state index in [0.29, 0.717) is 25.2 Å². The van der Waals surface area contributed by atoms with E-state index in [1.165, 1.54) is 25.7 Å². The molecular formula is C21H34IN3O3. The Labute approximate surface area is 185 Å². The molecule has 28 heavy (non-hydrogen) atoms. The summed E-state index contributed by atoms with van der Waals surface area (Å²) in [6.45, 7) is 3.04. The number of furan rings is 1. The highest BCUT2D eigenvalue weighted by atomic mass is 127. The number of carbonyl (C=O) groups is 1. The molecule has 2 aliphatic rings. The Morgan fingerprint density at radius 3 is 2.43 bits per heavy atom. The number of hydrogen-bond acceptors (Lipinski definition) is 4. The molecular weight excluding hydrogens is 469 g/mol. The summed E-state index contributed by atoms with van der Waals surface area (Å²) in [7, 11) is 0. The summed E-state index contributed by atoms with van der Waals surface area (Å²) in [6, 6.07) is 4.79. The number of nitrogens with one attached hydrogen (secondary N) is 2. The van der Waals surface area contributed by atoms with Crippen molar-refractivity contribution >= 4 is 35.9 Å². The summed E-state index contributed by atoms with van der Waals surface area (Å²) in [5, 5.41) is 7.22. The van der Waals surface area contributed by atoms with E-state index in [-0.39, 0.29) is 35.9 Å². The summed E-state index contributed by atoms with van der Waals surface area (Å²) < 4.78 is 10.6. The standard InChI is InChI=1S/C21H33N3O3.HI/c1-2-26-20(25)16-9-11-18(12-10-16)24-21(23-17-6-3-4-7-17)22-14-13-19-8-5-15-27-19;/h5,8,15-18H,2-4,6-7,9-14H2,1H3,(H2,22,23,24);1H. The van der Waals surface area contributed by atoms with Gasteiger partial charge in [0.15, 0.2) is 5.96 Å². The smallest absolute Gasteiger partial charge is 0.308 e. The zero-order valence-corrected chi connectivity index (χ0v) is 19.2. The second-order valence-electron chi connectivity index (χ2n) is 7.63. The van der Waals surface area contributed by atoms with Crippen molar-refractivity contribution in [2.75, 3.05) is 13.2 Å². The van der Waals surface area contributed by atoms with Gasteiger partial charge in [-0.05, 0) is 57.6 Å². The van der Waals surface area contributed by atoms with Crippen LogP contribution < -0.4 is 10.6 Å². The van der Waals surface area contributed by atoms with Crippen LogP contribution in [0.15, 0.2) is 27.8 Å². The number of ether oxygens (including phenoxy) is 1. The van der Waals surface area contributed by atoms with Gasteiger partial charge in [0, 0.05) is 25.0 Å². The van der Waals surface area contributed by atoms with Crippen LogP contribution in [0, 0.1) is 5.92 Å². The zero-order valence-electron chi connectivity index (χ0n) is 16.8. The number of halogens is 1. The fourth-order valence-corrected chi connectivity index (χ4v) is 4.06. The molecule has 2 fully saturated rings. The summed E-state index contributed by atoms with van der Waals surface area (Å²) in [5.74, 6) is 1.90. The first-order chi connectivity index (χ1) is 13.2. The highest BCUT2D eigenvalue weighted by Gasteiger charge is 2.28. The van der Waals surface area contributed by atoms with Crippen LogP contribution in [0.25, 0.3) is 0 Å². The lowest BCUT2D eigenvalue weighted by atomic mass is 9.86. The molecule has 1 aromatic rings. The first-order valence-corrected chi connectivity index (χ1v) is 10.5. The predicted octanol–water partition coefficient (Wildman–Crippen LogP) is 4.04. The number of esters is 1. The summed E-state index contributed by atoms with van der Waals surface area (Å²) in [5.41, 5.74) is 0. The molecule has 0 atom stereocenters. The van der Waals surface area contributed by atoms with Crippen LogP contribution in [0.3, 0.4) is 0 Å². The fourth-order valence-electron chi connectivity index (χ4n) is 4.06. The summed E-state index contributed by atoms with van der Waals surface area (Å²) >= 11 is 0. The third-order valence-corrected chi connectivity index (χ3v) is 5.59. The molecule has 0 spiro atoms. The molecule has 0 amide bonds. The number of aliphatic imine (C=N–C) groups is 1. The minimum atomic E-state index is -0.0348. The van der Waals surface area contributed by atoms with Crippen molar-refractivity contribution in [1.29, 1.82) is 0 Å². The van der Waals surface area contributed by atoms with Crippen molar-refractivity contribution < 1.29 is 13.9 Å². The number of hydrogen-bond donors (Lipinski definition) is 2. The quantitative estimate of drug-likeness (QED) is 0.254. The van der Waals surface area contributed by atoms with Gasteiger partial charge in [-0.25, -0.2) is 0 Å². The van der Waals surface area contributed by atoms with Crippen LogP contribution in [-0.2, 0) is 16.0 Å². The molecule has 1 heterocycles. The van der Waals surface area contributed by atoms with Crippen LogP contribution in [-0.4, -0.2) is 37.2 Å². The highest BCUT2D eigenvalue weighted by Crippen LogP contribution is 2.25. The number of nitrogens with zero attached hydrogens (tertiary/aromatic N) is 1. The van der Waals surface area contributed by atoms with Crippen molar-refractivity contribution in [3.63, 3.8) is 0 Å². The van der Waals surface area contributed by atoms with Crippen molar-refractivity contribution in [3.8, 4) is 0 Å². The molecule has 2 saturated carbocycles. The molecule has 2 aliphatic carbocycles. The predicted molar refractivity (Wildman–Crippen MR) is 121 cm³/mol. The van der Waals surface area contributed by atoms with E-state index in [9.17, 15) is 4.79 Å². The van der Waals surface area contributed by atoms with Crippen LogP contribution in [0.1, 0.15) is 64.1 Å². The molecule has 0 aliphatic heterocycles. The van der Waals surface area contributed by atoms with Gasteiger partial charge in [-0.1, -0.05) is 12.8 Å². The molecule has 6 nitrogen and oxygen atoms in total. The van der Waals surface area contributed by atoms with Gasteiger partial charge in [0.1, 0.15) is 5.76 Å². The van der Waals surface area contributed by atoms with E-state index in [1.54, 1.807) is 6.26 Å². The molecule has 3 rings (SSSR count). The third kappa shape index (κ3) is 7.29. The zero-order chi connectivity index (χ0) is 18.9. The molecule has 2 N–H and O–H groups in total. The van der Waals surface area contributed by atoms with Gasteiger partial charge >= 0.3 is 5.97 Å². The SMILES string of the molecule is CCOC(=O)C1CCC(NC(=NCCc2ccco2)NC2CCCC2)CC1.I. The molecule has 0 bridgehead atoms.